The number of unbranched alkanes of at least 4 members (excludes halogenated alkanes) is 14. The molecule has 0 saturated heterocycles. The molecule has 0 bridgehead atoms. The van der Waals surface area contributed by atoms with E-state index in [4.69, 9.17) is 24.8 Å². The average Bonchev–Trinajstić information content (AvgIpc) is 3.09. The average molecular weight is 728 g/mol. The van der Waals surface area contributed by atoms with Crippen LogP contribution in [-0.4, -0.2) is 60.5 Å². The number of rotatable bonds is 36. The molecule has 11 heteroatoms. The first-order valence-electron chi connectivity index (χ1n) is 19.2. The highest BCUT2D eigenvalue weighted by Gasteiger charge is 2.27. The summed E-state index contributed by atoms with van der Waals surface area (Å²) in [6.45, 7) is 3.68. The highest BCUT2D eigenvalue weighted by molar-refractivity contribution is 7.47. The van der Waals surface area contributed by atoms with Gasteiger partial charge in [0.25, 0.3) is 0 Å². The molecule has 0 spiro atoms. The molecular weight excluding hydrogens is 657 g/mol. The van der Waals surface area contributed by atoms with Gasteiger partial charge in [0, 0.05) is 13.0 Å². The minimum Gasteiger partial charge on any atom is -0.480 e. The molecule has 0 saturated carbocycles. The zero-order valence-corrected chi connectivity index (χ0v) is 32.1. The smallest absolute Gasteiger partial charge is 0.472 e. The molecule has 3 atom stereocenters. The van der Waals surface area contributed by atoms with E-state index in [1.165, 1.54) is 57.8 Å². The first-order valence-corrected chi connectivity index (χ1v) is 20.7. The molecule has 0 aliphatic heterocycles. The molecule has 0 aromatic carbocycles. The Bertz CT molecular complexity index is 983. The lowest BCUT2D eigenvalue weighted by atomic mass is 10.1. The van der Waals surface area contributed by atoms with Gasteiger partial charge in [0.05, 0.1) is 19.8 Å². The van der Waals surface area contributed by atoms with E-state index in [2.05, 4.69) is 67.0 Å². The summed E-state index contributed by atoms with van der Waals surface area (Å²) in [7, 11) is -4.62. The number of carboxylic acids is 1. The predicted octanol–water partition coefficient (Wildman–Crippen LogP) is 9.92. The molecule has 0 fully saturated rings. The second-order valence-corrected chi connectivity index (χ2v) is 14.1. The summed E-state index contributed by atoms with van der Waals surface area (Å²) < 4.78 is 33.2. The number of carbonyl (C=O) groups is 2. The van der Waals surface area contributed by atoms with Crippen LogP contribution in [0.25, 0.3) is 0 Å². The number of nitrogens with two attached hydrogens (primary N) is 1. The molecule has 0 aliphatic rings. The number of allylic oxidation sites excluding steroid dienone is 8. The SMILES string of the molecule is CC/C=C\C/C=C\C/C=C\CCCCCC(=O)OC(COCCCCCCCC/C=C\CCCCCCC)COP(=O)(O)OCC(N)C(=O)O. The van der Waals surface area contributed by atoms with Crippen molar-refractivity contribution >= 4 is 19.8 Å². The number of carbonyl (C=O) groups excluding carboxylic acids is 1. The van der Waals surface area contributed by atoms with Crippen LogP contribution in [0.5, 0.6) is 0 Å². The predicted molar refractivity (Wildman–Crippen MR) is 203 cm³/mol. The van der Waals surface area contributed by atoms with E-state index in [1.807, 2.05) is 0 Å². The van der Waals surface area contributed by atoms with Crippen LogP contribution in [-0.2, 0) is 32.7 Å². The second kappa shape index (κ2) is 35.3. The standard InChI is InChI=1S/C39H70NO9P/c1-3-5-7-9-11-13-15-17-18-20-22-24-26-28-30-32-46-33-36(34-47-50(44,45)48-35-37(40)39(42)43)49-38(41)31-29-27-25-23-21-19-16-14-12-10-8-6-4-2/h6,8,12,14-15,17,19,21,36-37H,3-5,7,9-11,13,16,18,20,22-35,40H2,1-2H3,(H,42,43)(H,44,45)/b8-6-,14-12-,17-15-,21-19-. The zero-order chi connectivity index (χ0) is 37.0. The summed E-state index contributed by atoms with van der Waals surface area (Å²) in [5.41, 5.74) is 5.33. The molecule has 0 amide bonds. The Morgan fingerprint density at radius 1 is 0.660 bits per heavy atom. The molecule has 10 nitrogen and oxygen atoms in total. The van der Waals surface area contributed by atoms with Gasteiger partial charge in [0.15, 0.2) is 0 Å². The van der Waals surface area contributed by atoms with Crippen LogP contribution in [0, 0.1) is 0 Å². The highest BCUT2D eigenvalue weighted by Crippen LogP contribution is 2.43. The Morgan fingerprint density at radius 2 is 1.16 bits per heavy atom. The normalized spacial score (nSPS) is 14.6. The van der Waals surface area contributed by atoms with Crippen molar-refractivity contribution in [3.05, 3.63) is 48.6 Å². The van der Waals surface area contributed by atoms with Gasteiger partial charge >= 0.3 is 19.8 Å². The van der Waals surface area contributed by atoms with Gasteiger partial charge in [0.2, 0.25) is 0 Å². The van der Waals surface area contributed by atoms with Crippen LogP contribution in [0.4, 0.5) is 0 Å². The van der Waals surface area contributed by atoms with Gasteiger partial charge in [-0.15, -0.1) is 0 Å². The van der Waals surface area contributed by atoms with Gasteiger partial charge in [0.1, 0.15) is 12.1 Å². The molecule has 0 aromatic heterocycles. The van der Waals surface area contributed by atoms with E-state index < -0.39 is 45.1 Å². The summed E-state index contributed by atoms with van der Waals surface area (Å²) >= 11 is 0. The van der Waals surface area contributed by atoms with Crippen molar-refractivity contribution in [2.24, 2.45) is 5.73 Å². The third kappa shape index (κ3) is 34.4. The lowest BCUT2D eigenvalue weighted by Gasteiger charge is -2.20. The van der Waals surface area contributed by atoms with Gasteiger partial charge in [-0.05, 0) is 70.6 Å². The maximum atomic E-state index is 12.5. The number of esters is 1. The van der Waals surface area contributed by atoms with Crippen LogP contribution in [0.3, 0.4) is 0 Å². The van der Waals surface area contributed by atoms with E-state index in [1.54, 1.807) is 0 Å². The molecular formula is C39H70NO9P. The van der Waals surface area contributed by atoms with Gasteiger partial charge in [-0.2, -0.15) is 0 Å². The maximum absolute atomic E-state index is 12.5. The van der Waals surface area contributed by atoms with Crippen LogP contribution in [0.1, 0.15) is 149 Å². The monoisotopic (exact) mass is 727 g/mol. The molecule has 290 valence electrons. The fraction of sp³-hybridized carbons (Fsp3) is 0.744. The van der Waals surface area contributed by atoms with Crippen LogP contribution in [0.2, 0.25) is 0 Å². The van der Waals surface area contributed by atoms with Crippen molar-refractivity contribution < 1.29 is 42.7 Å². The number of hydrogen-bond acceptors (Lipinski definition) is 8. The summed E-state index contributed by atoms with van der Waals surface area (Å²) in [5, 5.41) is 8.86. The van der Waals surface area contributed by atoms with Crippen LogP contribution >= 0.6 is 7.82 Å². The molecule has 0 heterocycles. The van der Waals surface area contributed by atoms with Crippen molar-refractivity contribution in [3.8, 4) is 0 Å². The number of carboxylic acid groups (broad SMARTS) is 1. The van der Waals surface area contributed by atoms with E-state index in [-0.39, 0.29) is 13.0 Å². The largest absolute Gasteiger partial charge is 0.480 e. The number of phosphoric acid groups is 1. The lowest BCUT2D eigenvalue weighted by molar-refractivity contribution is -0.154. The van der Waals surface area contributed by atoms with Crippen molar-refractivity contribution in [2.45, 2.75) is 161 Å². The van der Waals surface area contributed by atoms with E-state index in [9.17, 15) is 19.0 Å². The van der Waals surface area contributed by atoms with Gasteiger partial charge in [-0.25, -0.2) is 4.57 Å². The number of hydrogen-bond donors (Lipinski definition) is 3. The Hall–Kier alpha value is -2.07. The minimum absolute atomic E-state index is 0.000545. The first-order chi connectivity index (χ1) is 24.2. The topological polar surface area (TPSA) is 155 Å². The molecule has 0 aromatic rings. The highest BCUT2D eigenvalue weighted by atomic mass is 31.2. The van der Waals surface area contributed by atoms with Gasteiger partial charge in [-0.1, -0.05) is 120 Å². The Labute approximate surface area is 303 Å². The maximum Gasteiger partial charge on any atom is 0.472 e. The molecule has 0 radical (unpaired) electrons. The lowest BCUT2D eigenvalue weighted by Crippen LogP contribution is -2.34. The third-order valence-electron chi connectivity index (χ3n) is 7.84. The van der Waals surface area contributed by atoms with Crippen LogP contribution < -0.4 is 5.73 Å². The molecule has 50 heavy (non-hydrogen) atoms. The molecule has 3 unspecified atom stereocenters. The van der Waals surface area contributed by atoms with Crippen molar-refractivity contribution in [1.82, 2.24) is 0 Å². The summed E-state index contributed by atoms with van der Waals surface area (Å²) in [6, 6.07) is -1.48. The fourth-order valence-corrected chi connectivity index (χ4v) is 5.62. The number of phosphoric ester groups is 1. The van der Waals surface area contributed by atoms with Crippen molar-refractivity contribution in [3.63, 3.8) is 0 Å². The third-order valence-corrected chi connectivity index (χ3v) is 8.79. The Kier molecular flexibility index (Phi) is 33.9. The molecule has 4 N–H and O–H groups in total. The number of ether oxygens (including phenoxy) is 2. The van der Waals surface area contributed by atoms with Crippen molar-refractivity contribution in [1.29, 1.82) is 0 Å². The summed E-state index contributed by atoms with van der Waals surface area (Å²) in [5.74, 6) is -1.82. The van der Waals surface area contributed by atoms with E-state index >= 15 is 0 Å². The van der Waals surface area contributed by atoms with E-state index in [0.717, 1.165) is 64.2 Å². The summed E-state index contributed by atoms with van der Waals surface area (Å²) in [6.07, 6.45) is 38.8. The Balaban J connectivity index is 4.36. The van der Waals surface area contributed by atoms with Crippen molar-refractivity contribution in [2.75, 3.05) is 26.4 Å². The van der Waals surface area contributed by atoms with Gasteiger partial charge in [-0.3, -0.25) is 18.6 Å². The Morgan fingerprint density at radius 3 is 1.76 bits per heavy atom. The number of aliphatic carboxylic acids is 1. The van der Waals surface area contributed by atoms with Gasteiger partial charge < -0.3 is 25.2 Å². The second-order valence-electron chi connectivity index (χ2n) is 12.7. The zero-order valence-electron chi connectivity index (χ0n) is 31.2. The first kappa shape index (κ1) is 47.9. The fourth-order valence-electron chi connectivity index (χ4n) is 4.85. The molecule has 0 aliphatic carbocycles. The van der Waals surface area contributed by atoms with Crippen LogP contribution in [0.15, 0.2) is 48.6 Å². The molecule has 0 rings (SSSR count). The van der Waals surface area contributed by atoms with E-state index in [0.29, 0.717) is 13.0 Å². The summed E-state index contributed by atoms with van der Waals surface area (Å²) in [4.78, 5) is 33.4. The minimum atomic E-state index is -4.62. The quantitative estimate of drug-likeness (QED) is 0.0246.